The van der Waals surface area contributed by atoms with Gasteiger partial charge >= 0.3 is 0 Å². The molecule has 1 aliphatic carbocycles. The van der Waals surface area contributed by atoms with Crippen molar-refractivity contribution in [2.24, 2.45) is 13.0 Å². The number of nitrogens with one attached hydrogen (secondary N) is 1. The molecule has 1 aliphatic rings. The van der Waals surface area contributed by atoms with Gasteiger partial charge in [0.1, 0.15) is 5.15 Å². The number of sulfonamides is 1. The fourth-order valence-corrected chi connectivity index (χ4v) is 3.31. The van der Waals surface area contributed by atoms with Gasteiger partial charge in [0.05, 0.1) is 6.33 Å². The summed E-state index contributed by atoms with van der Waals surface area (Å²) in [5, 5.41) is 0.0414. The maximum absolute atomic E-state index is 11.9. The van der Waals surface area contributed by atoms with Crippen LogP contribution in [0.3, 0.4) is 0 Å². The number of hydrogen-bond donors (Lipinski definition) is 1. The Morgan fingerprint density at radius 1 is 1.62 bits per heavy atom. The molecule has 0 bridgehead atoms. The predicted molar refractivity (Wildman–Crippen MR) is 60.7 cm³/mol. The molecule has 0 saturated heterocycles. The number of hydrogen-bond acceptors (Lipinski definition) is 3. The first-order valence-corrected chi connectivity index (χ1v) is 6.97. The maximum Gasteiger partial charge on any atom is 0.261 e. The Hall–Kier alpha value is -0.590. The fourth-order valence-electron chi connectivity index (χ4n) is 1.57. The van der Waals surface area contributed by atoms with Gasteiger partial charge in [-0.15, -0.1) is 0 Å². The third-order valence-corrected chi connectivity index (χ3v) is 4.81. The first-order chi connectivity index (χ1) is 7.42. The van der Waals surface area contributed by atoms with Crippen LogP contribution in [0.15, 0.2) is 11.4 Å². The van der Waals surface area contributed by atoms with Crippen molar-refractivity contribution in [2.45, 2.75) is 30.8 Å². The SMILES string of the molecule is C[C@@H](NS(=O)(=O)c1ncn(C)c1Cl)C1CC1. The molecule has 5 nitrogen and oxygen atoms in total. The number of imidazole rings is 1. The smallest absolute Gasteiger partial charge is 0.261 e. The minimum absolute atomic E-state index is 0.0527. The van der Waals surface area contributed by atoms with Crippen molar-refractivity contribution >= 4 is 21.6 Å². The second kappa shape index (κ2) is 4.01. The number of nitrogens with zero attached hydrogens (tertiary/aromatic N) is 2. The molecule has 2 rings (SSSR count). The van der Waals surface area contributed by atoms with Gasteiger partial charge in [-0.05, 0) is 25.7 Å². The van der Waals surface area contributed by atoms with Crippen LogP contribution in [0.4, 0.5) is 0 Å². The minimum atomic E-state index is -3.59. The van der Waals surface area contributed by atoms with Crippen LogP contribution in [0.25, 0.3) is 0 Å². The average Bonchev–Trinajstić information content (AvgIpc) is 2.95. The summed E-state index contributed by atoms with van der Waals surface area (Å²) in [5.41, 5.74) is 0. The maximum atomic E-state index is 11.9. The molecule has 1 aromatic heterocycles. The fraction of sp³-hybridized carbons (Fsp3) is 0.667. The molecule has 1 aromatic rings. The Balaban J connectivity index is 2.21. The minimum Gasteiger partial charge on any atom is -0.324 e. The summed E-state index contributed by atoms with van der Waals surface area (Å²) in [4.78, 5) is 3.80. The van der Waals surface area contributed by atoms with Crippen molar-refractivity contribution in [1.82, 2.24) is 14.3 Å². The lowest BCUT2D eigenvalue weighted by Gasteiger charge is -2.11. The van der Waals surface area contributed by atoms with Gasteiger partial charge in [-0.1, -0.05) is 11.6 Å². The van der Waals surface area contributed by atoms with Gasteiger partial charge in [-0.3, -0.25) is 0 Å². The van der Waals surface area contributed by atoms with Crippen molar-refractivity contribution in [3.8, 4) is 0 Å². The summed E-state index contributed by atoms with van der Waals surface area (Å²) in [7, 11) is -1.94. The van der Waals surface area contributed by atoms with E-state index in [9.17, 15) is 8.42 Å². The van der Waals surface area contributed by atoms with Crippen molar-refractivity contribution in [2.75, 3.05) is 0 Å². The Morgan fingerprint density at radius 3 is 2.69 bits per heavy atom. The van der Waals surface area contributed by atoms with E-state index in [1.807, 2.05) is 6.92 Å². The van der Waals surface area contributed by atoms with E-state index >= 15 is 0 Å². The summed E-state index contributed by atoms with van der Waals surface area (Å²) >= 11 is 5.85. The average molecular weight is 264 g/mol. The number of aromatic nitrogens is 2. The zero-order chi connectivity index (χ0) is 11.9. The van der Waals surface area contributed by atoms with Gasteiger partial charge in [0.25, 0.3) is 10.0 Å². The molecule has 1 atom stereocenters. The van der Waals surface area contributed by atoms with Gasteiger partial charge in [-0.25, -0.2) is 18.1 Å². The Morgan fingerprint density at radius 2 is 2.25 bits per heavy atom. The molecule has 16 heavy (non-hydrogen) atoms. The van der Waals surface area contributed by atoms with Gasteiger partial charge in [-0.2, -0.15) is 0 Å². The van der Waals surface area contributed by atoms with Crippen LogP contribution < -0.4 is 4.72 Å². The highest BCUT2D eigenvalue weighted by molar-refractivity contribution is 7.89. The van der Waals surface area contributed by atoms with Gasteiger partial charge < -0.3 is 4.57 Å². The number of halogens is 1. The van der Waals surface area contributed by atoms with Gasteiger partial charge in [0.2, 0.25) is 5.03 Å². The molecule has 1 heterocycles. The van der Waals surface area contributed by atoms with Crippen molar-refractivity contribution in [3.63, 3.8) is 0 Å². The van der Waals surface area contributed by atoms with Crippen LogP contribution in [0.2, 0.25) is 5.15 Å². The molecule has 0 unspecified atom stereocenters. The third kappa shape index (κ3) is 2.23. The molecule has 1 fully saturated rings. The summed E-state index contributed by atoms with van der Waals surface area (Å²) in [6.07, 6.45) is 3.55. The molecule has 7 heteroatoms. The molecule has 0 aromatic carbocycles. The van der Waals surface area contributed by atoms with Crippen molar-refractivity contribution in [1.29, 1.82) is 0 Å². The largest absolute Gasteiger partial charge is 0.324 e. The second-order valence-corrected chi connectivity index (χ2v) is 6.19. The molecule has 90 valence electrons. The molecule has 0 spiro atoms. The van der Waals surface area contributed by atoms with Crippen LogP contribution in [-0.4, -0.2) is 24.0 Å². The first-order valence-electron chi connectivity index (χ1n) is 5.11. The second-order valence-electron chi connectivity index (χ2n) is 4.20. The molecule has 0 radical (unpaired) electrons. The Kier molecular flexibility index (Phi) is 2.98. The van der Waals surface area contributed by atoms with E-state index in [0.717, 1.165) is 12.8 Å². The molecule has 1 saturated carbocycles. The van der Waals surface area contributed by atoms with E-state index in [1.165, 1.54) is 10.9 Å². The van der Waals surface area contributed by atoms with E-state index < -0.39 is 10.0 Å². The van der Waals surface area contributed by atoms with E-state index in [2.05, 4.69) is 9.71 Å². The summed E-state index contributed by atoms with van der Waals surface area (Å²) in [6.45, 7) is 1.87. The third-order valence-electron chi connectivity index (χ3n) is 2.76. The summed E-state index contributed by atoms with van der Waals surface area (Å²) in [6, 6.07) is -0.0527. The van der Waals surface area contributed by atoms with E-state index in [1.54, 1.807) is 7.05 Å². The van der Waals surface area contributed by atoms with Crippen molar-refractivity contribution in [3.05, 3.63) is 11.5 Å². The van der Waals surface area contributed by atoms with Crippen molar-refractivity contribution < 1.29 is 8.42 Å². The van der Waals surface area contributed by atoms with Gasteiger partial charge in [0.15, 0.2) is 0 Å². The van der Waals surface area contributed by atoms with E-state index in [0.29, 0.717) is 5.92 Å². The summed E-state index contributed by atoms with van der Waals surface area (Å²) in [5.74, 6) is 0.456. The quantitative estimate of drug-likeness (QED) is 0.886. The van der Waals surface area contributed by atoms with Crippen LogP contribution in [-0.2, 0) is 17.1 Å². The molecule has 0 amide bonds. The van der Waals surface area contributed by atoms with Crippen LogP contribution in [0.1, 0.15) is 19.8 Å². The topological polar surface area (TPSA) is 64.0 Å². The lowest BCUT2D eigenvalue weighted by Crippen LogP contribution is -2.34. The normalized spacial score (nSPS) is 18.7. The lowest BCUT2D eigenvalue weighted by molar-refractivity contribution is 0.535. The number of aryl methyl sites for hydroxylation is 1. The van der Waals surface area contributed by atoms with Crippen LogP contribution >= 0.6 is 11.6 Å². The predicted octanol–water partition coefficient (Wildman–Crippen LogP) is 1.15. The molecular formula is C9H14ClN3O2S. The zero-order valence-corrected chi connectivity index (χ0v) is 10.7. The molecule has 1 N–H and O–H groups in total. The van der Waals surface area contributed by atoms with Crippen LogP contribution in [0.5, 0.6) is 0 Å². The lowest BCUT2D eigenvalue weighted by atomic mass is 10.2. The number of rotatable bonds is 4. The molecule has 0 aliphatic heterocycles. The first kappa shape index (κ1) is 11.9. The van der Waals surface area contributed by atoms with E-state index in [-0.39, 0.29) is 16.2 Å². The highest BCUT2D eigenvalue weighted by Gasteiger charge is 2.32. The highest BCUT2D eigenvalue weighted by Crippen LogP contribution is 2.33. The molecular weight excluding hydrogens is 250 g/mol. The Bertz CT molecular complexity index is 493. The highest BCUT2D eigenvalue weighted by atomic mass is 35.5. The zero-order valence-electron chi connectivity index (χ0n) is 9.14. The standard InChI is InChI=1S/C9H14ClN3O2S/c1-6(7-3-4-7)12-16(14,15)9-8(10)13(2)5-11-9/h5-7,12H,3-4H2,1-2H3/t6-/m1/s1. The summed E-state index contributed by atoms with van der Waals surface area (Å²) < 4.78 is 27.9. The van der Waals surface area contributed by atoms with Gasteiger partial charge in [0, 0.05) is 13.1 Å². The monoisotopic (exact) mass is 263 g/mol. The Labute approximate surface area is 99.9 Å². The van der Waals surface area contributed by atoms with Crippen LogP contribution in [0, 0.1) is 5.92 Å². The van der Waals surface area contributed by atoms with E-state index in [4.69, 9.17) is 11.6 Å².